The fraction of sp³-hybridized carbons (Fsp3) is 0.800. The summed E-state index contributed by atoms with van der Waals surface area (Å²) in [5, 5.41) is 9.26. The van der Waals surface area contributed by atoms with E-state index in [1.165, 1.54) is 12.8 Å². The van der Waals surface area contributed by atoms with Crippen molar-refractivity contribution in [2.24, 2.45) is 0 Å². The molecule has 3 nitrogen and oxygen atoms in total. The molecule has 80 valence electrons. The molecule has 0 aliphatic carbocycles. The van der Waals surface area contributed by atoms with Gasteiger partial charge in [-0.25, -0.2) is 0 Å². The Labute approximate surface area is 93.6 Å². The van der Waals surface area contributed by atoms with Crippen LogP contribution in [0.15, 0.2) is 0 Å². The molecule has 0 aromatic heterocycles. The highest BCUT2D eigenvalue weighted by Gasteiger charge is 2.00. The number of halogens is 1. The lowest BCUT2D eigenvalue weighted by Crippen LogP contribution is -2.05. The van der Waals surface area contributed by atoms with Gasteiger partial charge in [-0.1, -0.05) is 28.8 Å². The number of carbonyl (C=O) groups excluding carboxylic acids is 1. The first-order valence-corrected chi connectivity index (χ1v) is 6.02. The number of hydrogen-bond acceptors (Lipinski definition) is 3. The van der Waals surface area contributed by atoms with Crippen LogP contribution in [0.2, 0.25) is 0 Å². The van der Waals surface area contributed by atoms with Crippen molar-refractivity contribution in [3.05, 3.63) is 0 Å². The standard InChI is InChI=1S/C10H16BrNO2/c11-7-3-1-2-4-9-14-10(13)6-5-8-12/h1-7,9H2. The summed E-state index contributed by atoms with van der Waals surface area (Å²) in [4.78, 5) is 10.9. The van der Waals surface area contributed by atoms with Gasteiger partial charge in [0.05, 0.1) is 19.1 Å². The van der Waals surface area contributed by atoms with Crippen molar-refractivity contribution in [3.63, 3.8) is 0 Å². The van der Waals surface area contributed by atoms with Gasteiger partial charge in [0.2, 0.25) is 0 Å². The van der Waals surface area contributed by atoms with Crippen LogP contribution in [0.1, 0.15) is 38.5 Å². The Morgan fingerprint density at radius 1 is 1.29 bits per heavy atom. The van der Waals surface area contributed by atoms with Gasteiger partial charge in [0.15, 0.2) is 0 Å². The van der Waals surface area contributed by atoms with E-state index in [2.05, 4.69) is 15.9 Å². The average Bonchev–Trinajstić information content (AvgIpc) is 2.20. The van der Waals surface area contributed by atoms with Gasteiger partial charge in [0, 0.05) is 11.8 Å². The molecule has 0 aromatic rings. The maximum absolute atomic E-state index is 10.9. The van der Waals surface area contributed by atoms with Crippen LogP contribution in [0.25, 0.3) is 0 Å². The van der Waals surface area contributed by atoms with Crippen molar-refractivity contribution >= 4 is 21.9 Å². The number of alkyl halides is 1. The summed E-state index contributed by atoms with van der Waals surface area (Å²) in [7, 11) is 0. The highest BCUT2D eigenvalue weighted by Crippen LogP contribution is 2.02. The molecule has 0 bridgehead atoms. The second kappa shape index (κ2) is 10.5. The van der Waals surface area contributed by atoms with Gasteiger partial charge in [0.1, 0.15) is 0 Å². The highest BCUT2D eigenvalue weighted by molar-refractivity contribution is 9.09. The van der Waals surface area contributed by atoms with Crippen molar-refractivity contribution in [3.8, 4) is 6.07 Å². The summed E-state index contributed by atoms with van der Waals surface area (Å²) >= 11 is 3.35. The number of carbonyl (C=O) groups is 1. The van der Waals surface area contributed by atoms with Gasteiger partial charge in [-0.05, 0) is 12.8 Å². The fourth-order valence-electron chi connectivity index (χ4n) is 0.966. The number of hydrogen-bond donors (Lipinski definition) is 0. The highest BCUT2D eigenvalue weighted by atomic mass is 79.9. The smallest absolute Gasteiger partial charge is 0.306 e. The molecule has 0 saturated heterocycles. The van der Waals surface area contributed by atoms with E-state index in [0.717, 1.165) is 18.2 Å². The minimum Gasteiger partial charge on any atom is -0.466 e. The minimum absolute atomic E-state index is 0.220. The summed E-state index contributed by atoms with van der Waals surface area (Å²) in [6, 6.07) is 1.91. The molecule has 0 saturated carbocycles. The zero-order valence-corrected chi connectivity index (χ0v) is 9.88. The molecule has 0 aliphatic rings. The maximum Gasteiger partial charge on any atom is 0.306 e. The summed E-state index contributed by atoms with van der Waals surface area (Å²) in [5.74, 6) is -0.257. The SMILES string of the molecule is N#CCCC(=O)OCCCCCCBr. The van der Waals surface area contributed by atoms with Crippen LogP contribution in [0.3, 0.4) is 0 Å². The molecule has 0 unspecified atom stereocenters. The van der Waals surface area contributed by atoms with Gasteiger partial charge in [-0.3, -0.25) is 4.79 Å². The second-order valence-corrected chi connectivity index (χ2v) is 3.77. The molecular formula is C10H16BrNO2. The van der Waals surface area contributed by atoms with E-state index in [1.54, 1.807) is 0 Å². The van der Waals surface area contributed by atoms with Gasteiger partial charge in [-0.15, -0.1) is 0 Å². The normalized spacial score (nSPS) is 9.43. The van der Waals surface area contributed by atoms with E-state index in [0.29, 0.717) is 6.61 Å². The zero-order valence-electron chi connectivity index (χ0n) is 8.30. The van der Waals surface area contributed by atoms with Crippen LogP contribution in [0, 0.1) is 11.3 Å². The number of nitrogens with zero attached hydrogens (tertiary/aromatic N) is 1. The van der Waals surface area contributed by atoms with Crippen molar-refractivity contribution in [2.75, 3.05) is 11.9 Å². The third-order valence-electron chi connectivity index (χ3n) is 1.73. The van der Waals surface area contributed by atoms with E-state index < -0.39 is 0 Å². The first-order valence-electron chi connectivity index (χ1n) is 4.89. The topological polar surface area (TPSA) is 50.1 Å². The molecule has 0 aliphatic heterocycles. The van der Waals surface area contributed by atoms with Gasteiger partial charge < -0.3 is 4.74 Å². The van der Waals surface area contributed by atoms with E-state index in [4.69, 9.17) is 10.00 Å². The molecule has 4 heteroatoms. The second-order valence-electron chi connectivity index (χ2n) is 2.98. The lowest BCUT2D eigenvalue weighted by atomic mass is 10.2. The third-order valence-corrected chi connectivity index (χ3v) is 2.29. The van der Waals surface area contributed by atoms with Crippen molar-refractivity contribution in [1.29, 1.82) is 5.26 Å². The molecule has 0 aromatic carbocycles. The van der Waals surface area contributed by atoms with Crippen molar-refractivity contribution in [1.82, 2.24) is 0 Å². The summed E-state index contributed by atoms with van der Waals surface area (Å²) in [5.41, 5.74) is 0. The number of unbranched alkanes of at least 4 members (excludes halogenated alkanes) is 3. The Morgan fingerprint density at radius 3 is 2.64 bits per heavy atom. The number of nitriles is 1. The van der Waals surface area contributed by atoms with Crippen LogP contribution < -0.4 is 0 Å². The molecule has 0 amide bonds. The Kier molecular flexibility index (Phi) is 10.1. The molecule has 0 fully saturated rings. The van der Waals surface area contributed by atoms with E-state index >= 15 is 0 Å². The first-order chi connectivity index (χ1) is 6.81. The van der Waals surface area contributed by atoms with Gasteiger partial charge in [-0.2, -0.15) is 5.26 Å². The van der Waals surface area contributed by atoms with Crippen LogP contribution in [0.4, 0.5) is 0 Å². The average molecular weight is 262 g/mol. The first kappa shape index (κ1) is 13.4. The third kappa shape index (κ3) is 9.53. The predicted molar refractivity (Wildman–Crippen MR) is 58.1 cm³/mol. The number of ether oxygens (including phenoxy) is 1. The summed E-state index contributed by atoms with van der Waals surface area (Å²) in [6.07, 6.45) is 4.83. The quantitative estimate of drug-likeness (QED) is 0.384. The monoisotopic (exact) mass is 261 g/mol. The van der Waals surface area contributed by atoms with E-state index in [1.807, 2.05) is 6.07 Å². The van der Waals surface area contributed by atoms with Crippen LogP contribution in [-0.4, -0.2) is 17.9 Å². The summed E-state index contributed by atoms with van der Waals surface area (Å²) < 4.78 is 4.92. The Balaban J connectivity index is 3.11. The predicted octanol–water partition coefficient (Wildman–Crippen LogP) is 2.79. The van der Waals surface area contributed by atoms with Crippen LogP contribution in [-0.2, 0) is 9.53 Å². The molecule has 14 heavy (non-hydrogen) atoms. The zero-order chi connectivity index (χ0) is 10.6. The van der Waals surface area contributed by atoms with Crippen molar-refractivity contribution in [2.45, 2.75) is 38.5 Å². The molecule has 0 rings (SSSR count). The lowest BCUT2D eigenvalue weighted by Gasteiger charge is -2.02. The van der Waals surface area contributed by atoms with Crippen LogP contribution >= 0.6 is 15.9 Å². The maximum atomic E-state index is 10.9. The molecule has 0 atom stereocenters. The molecular weight excluding hydrogens is 246 g/mol. The number of esters is 1. The fourth-order valence-corrected chi connectivity index (χ4v) is 1.36. The largest absolute Gasteiger partial charge is 0.466 e. The van der Waals surface area contributed by atoms with Crippen LogP contribution in [0.5, 0.6) is 0 Å². The number of rotatable bonds is 8. The Bertz CT molecular complexity index is 189. The minimum atomic E-state index is -0.257. The lowest BCUT2D eigenvalue weighted by molar-refractivity contribution is -0.143. The van der Waals surface area contributed by atoms with Crippen molar-refractivity contribution < 1.29 is 9.53 Å². The van der Waals surface area contributed by atoms with E-state index in [9.17, 15) is 4.79 Å². The van der Waals surface area contributed by atoms with E-state index in [-0.39, 0.29) is 18.8 Å². The molecule has 0 heterocycles. The molecule has 0 N–H and O–H groups in total. The Hall–Kier alpha value is -0.560. The van der Waals surface area contributed by atoms with Gasteiger partial charge in [0.25, 0.3) is 0 Å². The molecule has 0 spiro atoms. The summed E-state index contributed by atoms with van der Waals surface area (Å²) in [6.45, 7) is 0.493. The molecule has 0 radical (unpaired) electrons. The Morgan fingerprint density at radius 2 is 2.00 bits per heavy atom. The van der Waals surface area contributed by atoms with Gasteiger partial charge >= 0.3 is 5.97 Å².